The zero-order chi connectivity index (χ0) is 14.7. The number of aromatic nitrogens is 6. The van der Waals surface area contributed by atoms with Gasteiger partial charge in [-0.05, 0) is 26.0 Å². The second-order valence-electron chi connectivity index (χ2n) is 4.43. The number of pyridine rings is 1. The molecule has 0 spiro atoms. The Hall–Kier alpha value is -2.77. The maximum absolute atomic E-state index is 5.20. The van der Waals surface area contributed by atoms with E-state index in [0.717, 1.165) is 17.9 Å². The average Bonchev–Trinajstić information content (AvgIpc) is 3.13. The van der Waals surface area contributed by atoms with Crippen LogP contribution in [0.25, 0.3) is 11.5 Å². The van der Waals surface area contributed by atoms with E-state index in [1.54, 1.807) is 19.4 Å². The van der Waals surface area contributed by atoms with Crippen LogP contribution in [0.5, 0.6) is 0 Å². The van der Waals surface area contributed by atoms with Gasteiger partial charge in [0.2, 0.25) is 0 Å². The minimum absolute atomic E-state index is 0.444. The summed E-state index contributed by atoms with van der Waals surface area (Å²) in [5.41, 5.74) is 0.765. The smallest absolute Gasteiger partial charge is 0.261 e. The first-order valence-corrected chi connectivity index (χ1v) is 6.64. The highest BCUT2D eigenvalue weighted by atomic mass is 16.5. The van der Waals surface area contributed by atoms with Gasteiger partial charge in [-0.2, -0.15) is 4.98 Å². The van der Waals surface area contributed by atoms with Gasteiger partial charge in [-0.15, -0.1) is 10.2 Å². The molecule has 0 aliphatic heterocycles. The molecule has 3 aromatic heterocycles. The van der Waals surface area contributed by atoms with E-state index >= 15 is 0 Å². The summed E-state index contributed by atoms with van der Waals surface area (Å²) in [5, 5.41) is 15.0. The van der Waals surface area contributed by atoms with Gasteiger partial charge >= 0.3 is 0 Å². The van der Waals surface area contributed by atoms with Crippen LogP contribution in [0.1, 0.15) is 18.6 Å². The first-order valence-electron chi connectivity index (χ1n) is 6.64. The Morgan fingerprint density at radius 1 is 1.38 bits per heavy atom. The predicted octanol–water partition coefficient (Wildman–Crippen LogP) is 1.66. The van der Waals surface area contributed by atoms with Crippen molar-refractivity contribution in [3.05, 3.63) is 36.3 Å². The lowest BCUT2D eigenvalue weighted by molar-refractivity contribution is 0.425. The topological polar surface area (TPSA) is 94.6 Å². The van der Waals surface area contributed by atoms with Gasteiger partial charge < -0.3 is 14.4 Å². The molecule has 0 radical (unpaired) electrons. The van der Waals surface area contributed by atoms with Crippen molar-refractivity contribution in [2.45, 2.75) is 26.9 Å². The van der Waals surface area contributed by atoms with Crippen molar-refractivity contribution in [2.75, 3.05) is 5.32 Å². The highest BCUT2D eigenvalue weighted by Crippen LogP contribution is 2.24. The van der Waals surface area contributed by atoms with E-state index in [-0.39, 0.29) is 0 Å². The molecule has 1 N–H and O–H groups in total. The summed E-state index contributed by atoms with van der Waals surface area (Å²) in [5.74, 6) is 2.55. The van der Waals surface area contributed by atoms with Gasteiger partial charge in [0.15, 0.2) is 11.6 Å². The quantitative estimate of drug-likeness (QED) is 0.761. The van der Waals surface area contributed by atoms with Gasteiger partial charge in [-0.25, -0.2) is 4.98 Å². The van der Waals surface area contributed by atoms with Crippen LogP contribution >= 0.6 is 0 Å². The molecule has 21 heavy (non-hydrogen) atoms. The lowest BCUT2D eigenvalue weighted by Gasteiger charge is -2.08. The number of hydrogen-bond acceptors (Lipinski definition) is 7. The molecule has 8 heteroatoms. The SMILES string of the molecule is CCn1cnnc1CNc1ncccc1-c1nc(C)no1. The maximum atomic E-state index is 5.20. The molecular weight excluding hydrogens is 270 g/mol. The van der Waals surface area contributed by atoms with Crippen molar-refractivity contribution < 1.29 is 4.52 Å². The molecule has 108 valence electrons. The number of aryl methyl sites for hydroxylation is 2. The molecule has 3 heterocycles. The maximum Gasteiger partial charge on any atom is 0.261 e. The van der Waals surface area contributed by atoms with Gasteiger partial charge in [0.25, 0.3) is 5.89 Å². The molecular formula is C13H15N7O. The van der Waals surface area contributed by atoms with Crippen molar-refractivity contribution in [3.63, 3.8) is 0 Å². The zero-order valence-electron chi connectivity index (χ0n) is 11.8. The summed E-state index contributed by atoms with van der Waals surface area (Å²) in [4.78, 5) is 8.55. The van der Waals surface area contributed by atoms with Crippen molar-refractivity contribution in [2.24, 2.45) is 0 Å². The minimum Gasteiger partial charge on any atom is -0.362 e. The Morgan fingerprint density at radius 3 is 3.05 bits per heavy atom. The number of rotatable bonds is 5. The highest BCUT2D eigenvalue weighted by molar-refractivity contribution is 5.68. The Bertz CT molecular complexity index is 733. The van der Waals surface area contributed by atoms with E-state index in [4.69, 9.17) is 4.52 Å². The Labute approximate surface area is 121 Å². The fourth-order valence-corrected chi connectivity index (χ4v) is 1.97. The monoisotopic (exact) mass is 285 g/mol. The fourth-order valence-electron chi connectivity index (χ4n) is 1.97. The van der Waals surface area contributed by atoms with E-state index in [1.807, 2.05) is 23.6 Å². The normalized spacial score (nSPS) is 10.8. The highest BCUT2D eigenvalue weighted by Gasteiger charge is 2.13. The third kappa shape index (κ3) is 2.73. The number of nitrogens with zero attached hydrogens (tertiary/aromatic N) is 6. The summed E-state index contributed by atoms with van der Waals surface area (Å²) in [7, 11) is 0. The molecule has 0 saturated heterocycles. The first-order chi connectivity index (χ1) is 10.3. The van der Waals surface area contributed by atoms with Gasteiger partial charge in [-0.1, -0.05) is 5.16 Å². The molecule has 0 saturated carbocycles. The van der Waals surface area contributed by atoms with Crippen molar-refractivity contribution in [1.82, 2.24) is 29.9 Å². The molecule has 0 aromatic carbocycles. The summed E-state index contributed by atoms with van der Waals surface area (Å²) < 4.78 is 7.16. The number of hydrogen-bond donors (Lipinski definition) is 1. The molecule has 3 aromatic rings. The van der Waals surface area contributed by atoms with E-state index in [9.17, 15) is 0 Å². The second-order valence-corrected chi connectivity index (χ2v) is 4.43. The van der Waals surface area contributed by atoms with Crippen molar-refractivity contribution >= 4 is 5.82 Å². The van der Waals surface area contributed by atoms with E-state index in [2.05, 4.69) is 30.6 Å². The largest absolute Gasteiger partial charge is 0.362 e. The third-order valence-corrected chi connectivity index (χ3v) is 3.02. The minimum atomic E-state index is 0.444. The summed E-state index contributed by atoms with van der Waals surface area (Å²) >= 11 is 0. The fraction of sp³-hybridized carbons (Fsp3) is 0.308. The van der Waals surface area contributed by atoms with Crippen LogP contribution in [-0.2, 0) is 13.1 Å². The van der Waals surface area contributed by atoms with Crippen LogP contribution < -0.4 is 5.32 Å². The molecule has 0 atom stereocenters. The van der Waals surface area contributed by atoms with Crippen molar-refractivity contribution in [1.29, 1.82) is 0 Å². The lowest BCUT2D eigenvalue weighted by Crippen LogP contribution is -2.09. The van der Waals surface area contributed by atoms with E-state index in [0.29, 0.717) is 24.1 Å². The summed E-state index contributed by atoms with van der Waals surface area (Å²) in [6, 6.07) is 3.71. The van der Waals surface area contributed by atoms with Gasteiger partial charge in [0.1, 0.15) is 12.1 Å². The summed E-state index contributed by atoms with van der Waals surface area (Å²) in [6.45, 7) is 5.16. The predicted molar refractivity (Wildman–Crippen MR) is 75.3 cm³/mol. The lowest BCUT2D eigenvalue weighted by atomic mass is 10.2. The molecule has 0 amide bonds. The number of nitrogens with one attached hydrogen (secondary N) is 1. The van der Waals surface area contributed by atoms with Crippen LogP contribution in [0.15, 0.2) is 29.2 Å². The van der Waals surface area contributed by atoms with Crippen LogP contribution in [-0.4, -0.2) is 29.9 Å². The van der Waals surface area contributed by atoms with Crippen molar-refractivity contribution in [3.8, 4) is 11.5 Å². The molecule has 0 aliphatic rings. The third-order valence-electron chi connectivity index (χ3n) is 3.02. The van der Waals surface area contributed by atoms with Crippen LogP contribution in [0.3, 0.4) is 0 Å². The van der Waals surface area contributed by atoms with Crippen LogP contribution in [0.2, 0.25) is 0 Å². The van der Waals surface area contributed by atoms with Gasteiger partial charge in [-0.3, -0.25) is 0 Å². The van der Waals surface area contributed by atoms with E-state index in [1.165, 1.54) is 0 Å². The Kier molecular flexibility index (Phi) is 3.59. The second kappa shape index (κ2) is 5.70. The van der Waals surface area contributed by atoms with Crippen LogP contribution in [0.4, 0.5) is 5.82 Å². The molecule has 8 nitrogen and oxygen atoms in total. The molecule has 3 rings (SSSR count). The van der Waals surface area contributed by atoms with Gasteiger partial charge in [0.05, 0.1) is 12.1 Å². The number of anilines is 1. The molecule has 0 unspecified atom stereocenters. The average molecular weight is 285 g/mol. The van der Waals surface area contributed by atoms with E-state index < -0.39 is 0 Å². The standard InChI is InChI=1S/C13H15N7O/c1-3-20-8-16-18-11(20)7-15-12-10(5-4-6-14-12)13-17-9(2)19-21-13/h4-6,8H,3,7H2,1-2H3,(H,14,15). The van der Waals surface area contributed by atoms with Crippen LogP contribution in [0, 0.1) is 6.92 Å². The molecule has 0 fully saturated rings. The first kappa shape index (κ1) is 13.2. The Balaban J connectivity index is 1.83. The van der Waals surface area contributed by atoms with Gasteiger partial charge in [0, 0.05) is 12.7 Å². The Morgan fingerprint density at radius 2 is 2.29 bits per heavy atom. The zero-order valence-corrected chi connectivity index (χ0v) is 11.8. The molecule has 0 aliphatic carbocycles. The summed E-state index contributed by atoms with van der Waals surface area (Å²) in [6.07, 6.45) is 3.41. The molecule has 0 bridgehead atoms.